The molecule has 0 fully saturated rings. The molecule has 0 radical (unpaired) electrons. The summed E-state index contributed by atoms with van der Waals surface area (Å²) in [5.74, 6) is 2.26. The highest BCUT2D eigenvalue weighted by molar-refractivity contribution is 8.00. The Kier molecular flexibility index (Phi) is 15.9. The second kappa shape index (κ2) is 15.2. The zero-order valence-electron chi connectivity index (χ0n) is 13.2. The first-order valence-electron chi connectivity index (χ1n) is 7.74. The monoisotopic (exact) mass is 324 g/mol. The van der Waals surface area contributed by atoms with Gasteiger partial charge in [-0.15, -0.1) is 23.5 Å². The summed E-state index contributed by atoms with van der Waals surface area (Å²) < 4.78 is 12.0. The van der Waals surface area contributed by atoms with Crippen molar-refractivity contribution in [2.24, 2.45) is 0 Å². The molecule has 0 aliphatic rings. The van der Waals surface area contributed by atoms with Crippen molar-refractivity contribution in [2.75, 3.05) is 11.5 Å². The van der Waals surface area contributed by atoms with Crippen molar-refractivity contribution >= 4 is 33.5 Å². The minimum Gasteiger partial charge on any atom is -0.386 e. The van der Waals surface area contributed by atoms with Crippen LogP contribution in [0.1, 0.15) is 66.2 Å². The van der Waals surface area contributed by atoms with Crippen LogP contribution in [0.3, 0.4) is 0 Å². The first-order chi connectivity index (χ1) is 9.28. The minimum atomic E-state index is -0.822. The molecule has 0 amide bonds. The van der Waals surface area contributed by atoms with E-state index in [1.807, 2.05) is 23.5 Å². The average Bonchev–Trinajstić information content (AvgIpc) is 2.42. The molecule has 0 saturated carbocycles. The Bertz CT molecular complexity index is 167. The fourth-order valence-corrected chi connectivity index (χ4v) is 4.96. The fraction of sp³-hybridized carbons (Fsp3) is 1.00. The Morgan fingerprint density at radius 1 is 0.789 bits per heavy atom. The molecular weight excluding hydrogens is 292 g/mol. The lowest BCUT2D eigenvalue weighted by atomic mass is 10.3. The van der Waals surface area contributed by atoms with Gasteiger partial charge in [0.15, 0.2) is 0 Å². The quantitative estimate of drug-likeness (QED) is 0.344. The topological polar surface area (TPSA) is 18.5 Å². The molecule has 0 spiro atoms. The maximum atomic E-state index is 6.01. The summed E-state index contributed by atoms with van der Waals surface area (Å²) in [6.07, 6.45) is 7.36. The zero-order valence-corrected chi connectivity index (χ0v) is 16.2. The standard InChI is InChI=1S/C14H32O2S2Si/c1-5-9-11-13(17-7-3)15-19-16-14(18-8-4)12-10-6-2/h13-14H,5-12,19H2,1-4H3. The number of unbranched alkanes of at least 4 members (excludes halogenated alkanes) is 2. The van der Waals surface area contributed by atoms with E-state index in [1.165, 1.54) is 38.5 Å². The SMILES string of the molecule is CCCCC(O[SiH2]OC(CCCC)SCC)SCC. The minimum absolute atomic E-state index is 0.370. The van der Waals surface area contributed by atoms with Gasteiger partial charge in [-0.05, 0) is 24.3 Å². The van der Waals surface area contributed by atoms with Crippen LogP contribution in [0.25, 0.3) is 0 Å². The van der Waals surface area contributed by atoms with E-state index in [4.69, 9.17) is 8.85 Å². The smallest absolute Gasteiger partial charge is 0.306 e. The Morgan fingerprint density at radius 2 is 1.21 bits per heavy atom. The molecule has 0 aliphatic heterocycles. The van der Waals surface area contributed by atoms with Crippen molar-refractivity contribution in [3.63, 3.8) is 0 Å². The van der Waals surface area contributed by atoms with Gasteiger partial charge in [0.05, 0.1) is 10.9 Å². The van der Waals surface area contributed by atoms with Crippen LogP contribution in [0.4, 0.5) is 0 Å². The fourth-order valence-electron chi connectivity index (χ4n) is 1.73. The molecule has 0 N–H and O–H groups in total. The van der Waals surface area contributed by atoms with Crippen LogP contribution in [0, 0.1) is 0 Å². The third-order valence-corrected chi connectivity index (χ3v) is 6.51. The highest BCUT2D eigenvalue weighted by Crippen LogP contribution is 2.21. The molecule has 19 heavy (non-hydrogen) atoms. The lowest BCUT2D eigenvalue weighted by molar-refractivity contribution is 0.183. The molecule has 2 unspecified atom stereocenters. The molecule has 2 atom stereocenters. The van der Waals surface area contributed by atoms with Crippen molar-refractivity contribution in [3.8, 4) is 0 Å². The average molecular weight is 325 g/mol. The number of hydrogen-bond donors (Lipinski definition) is 0. The molecule has 116 valence electrons. The van der Waals surface area contributed by atoms with Gasteiger partial charge in [-0.3, -0.25) is 0 Å². The molecule has 0 heterocycles. The summed E-state index contributed by atoms with van der Waals surface area (Å²) in [4.78, 5) is 0. The molecule has 0 aliphatic carbocycles. The Morgan fingerprint density at radius 3 is 1.53 bits per heavy atom. The van der Waals surface area contributed by atoms with Crippen molar-refractivity contribution in [3.05, 3.63) is 0 Å². The van der Waals surface area contributed by atoms with Crippen molar-refractivity contribution in [1.29, 1.82) is 0 Å². The van der Waals surface area contributed by atoms with E-state index in [0.717, 1.165) is 11.5 Å². The van der Waals surface area contributed by atoms with Crippen LogP contribution < -0.4 is 0 Å². The summed E-state index contributed by atoms with van der Waals surface area (Å²) in [6, 6.07) is 0. The molecular formula is C14H32O2S2Si. The first kappa shape index (κ1) is 19.8. The maximum absolute atomic E-state index is 6.01. The number of hydrogen-bond acceptors (Lipinski definition) is 4. The third-order valence-electron chi connectivity index (χ3n) is 2.80. The Labute approximate surface area is 131 Å². The van der Waals surface area contributed by atoms with Gasteiger partial charge >= 0.3 is 10.0 Å². The van der Waals surface area contributed by atoms with Gasteiger partial charge in [0.1, 0.15) is 0 Å². The van der Waals surface area contributed by atoms with E-state index in [-0.39, 0.29) is 0 Å². The van der Waals surface area contributed by atoms with Crippen LogP contribution in [-0.4, -0.2) is 32.4 Å². The summed E-state index contributed by atoms with van der Waals surface area (Å²) in [5, 5.41) is 0. The molecule has 2 nitrogen and oxygen atoms in total. The largest absolute Gasteiger partial charge is 0.386 e. The van der Waals surface area contributed by atoms with E-state index < -0.39 is 10.0 Å². The van der Waals surface area contributed by atoms with Gasteiger partial charge in [-0.2, -0.15) is 0 Å². The normalized spacial score (nSPS) is 15.2. The second-order valence-electron chi connectivity index (χ2n) is 4.51. The zero-order chi connectivity index (χ0) is 14.3. The van der Waals surface area contributed by atoms with Gasteiger partial charge < -0.3 is 8.85 Å². The third kappa shape index (κ3) is 12.3. The van der Waals surface area contributed by atoms with Gasteiger partial charge in [0, 0.05) is 0 Å². The van der Waals surface area contributed by atoms with Gasteiger partial charge in [0.25, 0.3) is 0 Å². The number of rotatable bonds is 14. The highest BCUT2D eigenvalue weighted by Gasteiger charge is 2.12. The highest BCUT2D eigenvalue weighted by atomic mass is 32.2. The van der Waals surface area contributed by atoms with E-state index in [1.54, 1.807) is 0 Å². The van der Waals surface area contributed by atoms with Crippen molar-refractivity contribution in [1.82, 2.24) is 0 Å². The molecule has 5 heteroatoms. The molecule has 0 bridgehead atoms. The van der Waals surface area contributed by atoms with Crippen molar-refractivity contribution in [2.45, 2.75) is 77.1 Å². The van der Waals surface area contributed by atoms with Crippen LogP contribution in [0.15, 0.2) is 0 Å². The van der Waals surface area contributed by atoms with E-state index in [2.05, 4.69) is 27.7 Å². The summed E-state index contributed by atoms with van der Waals surface area (Å²) in [7, 11) is -0.822. The molecule has 0 aromatic carbocycles. The second-order valence-corrected chi connectivity index (χ2v) is 8.28. The molecule has 0 aromatic heterocycles. The van der Waals surface area contributed by atoms with Crippen molar-refractivity contribution < 1.29 is 8.85 Å². The summed E-state index contributed by atoms with van der Waals surface area (Å²) >= 11 is 3.85. The predicted molar refractivity (Wildman–Crippen MR) is 93.6 cm³/mol. The van der Waals surface area contributed by atoms with E-state index in [9.17, 15) is 0 Å². The summed E-state index contributed by atoms with van der Waals surface area (Å²) in [5.41, 5.74) is 0.741. The van der Waals surface area contributed by atoms with Crippen LogP contribution in [0.2, 0.25) is 0 Å². The van der Waals surface area contributed by atoms with Crippen LogP contribution in [0.5, 0.6) is 0 Å². The molecule has 0 aromatic rings. The molecule has 0 rings (SSSR count). The Hall–Kier alpha value is 0.837. The lowest BCUT2D eigenvalue weighted by Crippen LogP contribution is -2.19. The van der Waals surface area contributed by atoms with Gasteiger partial charge in [-0.25, -0.2) is 0 Å². The Balaban J connectivity index is 3.83. The number of thioether (sulfide) groups is 2. The molecule has 0 saturated heterocycles. The van der Waals surface area contributed by atoms with Crippen LogP contribution in [-0.2, 0) is 8.85 Å². The van der Waals surface area contributed by atoms with E-state index in [0.29, 0.717) is 10.9 Å². The maximum Gasteiger partial charge on any atom is 0.306 e. The predicted octanol–water partition coefficient (Wildman–Crippen LogP) is 4.56. The summed E-state index contributed by atoms with van der Waals surface area (Å²) in [6.45, 7) is 8.87. The van der Waals surface area contributed by atoms with Gasteiger partial charge in [0.2, 0.25) is 0 Å². The first-order valence-corrected chi connectivity index (χ1v) is 11.0. The van der Waals surface area contributed by atoms with Gasteiger partial charge in [-0.1, -0.05) is 53.4 Å². The van der Waals surface area contributed by atoms with E-state index >= 15 is 0 Å². The van der Waals surface area contributed by atoms with Crippen LogP contribution >= 0.6 is 23.5 Å². The lowest BCUT2D eigenvalue weighted by Gasteiger charge is -2.20.